The van der Waals surface area contributed by atoms with Crippen LogP contribution < -0.4 is 18.9 Å². The minimum Gasteiger partial charge on any atom is -0.488 e. The molecule has 1 aliphatic rings. The molecule has 0 unspecified atom stereocenters. The number of ether oxygens (including phenoxy) is 4. The summed E-state index contributed by atoms with van der Waals surface area (Å²) in [4.78, 5) is 9.51. The van der Waals surface area contributed by atoms with Crippen molar-refractivity contribution in [2.24, 2.45) is 0 Å². The molecule has 0 atom stereocenters. The lowest BCUT2D eigenvalue weighted by molar-refractivity contribution is 0.300. The van der Waals surface area contributed by atoms with Gasteiger partial charge in [0.1, 0.15) is 36.2 Å². The van der Waals surface area contributed by atoms with Gasteiger partial charge < -0.3 is 18.9 Å². The zero-order valence-electron chi connectivity index (χ0n) is 45.8. The van der Waals surface area contributed by atoms with Crippen molar-refractivity contribution in [2.45, 2.75) is 144 Å². The van der Waals surface area contributed by atoms with Gasteiger partial charge in [-0.1, -0.05) is 204 Å². The number of hydrogen-bond acceptors (Lipinski definition) is 6. The van der Waals surface area contributed by atoms with E-state index in [1.165, 1.54) is 22.3 Å². The Hall–Kier alpha value is -7.18. The minimum atomic E-state index is -0.193. The van der Waals surface area contributed by atoms with E-state index in [2.05, 4.69) is 192 Å². The number of fused-ring (bicyclic) bond motifs is 8. The van der Waals surface area contributed by atoms with Gasteiger partial charge in [-0.2, -0.15) is 0 Å². The maximum Gasteiger partial charge on any atom is 0.219 e. The minimum absolute atomic E-state index is 0.191. The van der Waals surface area contributed by atoms with Crippen LogP contribution in [0.3, 0.4) is 0 Å². The molecule has 0 amide bonds. The summed E-state index contributed by atoms with van der Waals surface area (Å²) in [5.41, 5.74) is 14.9. The first-order chi connectivity index (χ1) is 35.2. The summed E-state index contributed by atoms with van der Waals surface area (Å²) >= 11 is 0. The predicted octanol–water partition coefficient (Wildman–Crippen LogP) is 17.1. The lowest BCUT2D eigenvalue weighted by atomic mass is 9.79. The molecule has 0 fully saturated rings. The summed E-state index contributed by atoms with van der Waals surface area (Å²) in [6.45, 7) is 28.4. The van der Waals surface area contributed by atoms with E-state index in [0.29, 0.717) is 50.7 Å². The van der Waals surface area contributed by atoms with E-state index in [1.54, 1.807) is 12.4 Å². The number of pyridine rings is 2. The fourth-order valence-corrected chi connectivity index (χ4v) is 9.74. The Morgan fingerprint density at radius 2 is 0.581 bits per heavy atom. The Labute approximate surface area is 441 Å². The van der Waals surface area contributed by atoms with Crippen LogP contribution in [0.2, 0.25) is 0 Å². The Bertz CT molecular complexity index is 2910. The number of rotatable bonds is 10. The van der Waals surface area contributed by atoms with E-state index in [4.69, 9.17) is 28.9 Å². The summed E-state index contributed by atoms with van der Waals surface area (Å²) < 4.78 is 28.8. The molecule has 74 heavy (non-hydrogen) atoms. The van der Waals surface area contributed by atoms with Gasteiger partial charge in [0.2, 0.25) is 11.8 Å². The molecule has 0 radical (unpaired) electrons. The van der Waals surface area contributed by atoms with Crippen LogP contribution in [-0.4, -0.2) is 9.97 Å². The molecule has 380 valence electrons. The summed E-state index contributed by atoms with van der Waals surface area (Å²) in [7, 11) is 0. The maximum absolute atomic E-state index is 7.26. The molecule has 0 saturated heterocycles. The Kier molecular flexibility index (Phi) is 14.7. The quantitative estimate of drug-likeness (QED) is 0.136. The monoisotopic (exact) mass is 983 g/mol. The Balaban J connectivity index is 1.41. The van der Waals surface area contributed by atoms with Crippen LogP contribution in [0.4, 0.5) is 0 Å². The van der Waals surface area contributed by atoms with Crippen molar-refractivity contribution < 1.29 is 18.9 Å². The van der Waals surface area contributed by atoms with Crippen LogP contribution in [0.15, 0.2) is 158 Å². The molecular weight excluding hydrogens is 909 g/mol. The highest BCUT2D eigenvalue weighted by Crippen LogP contribution is 2.46. The first kappa shape index (κ1) is 51.7. The summed E-state index contributed by atoms with van der Waals surface area (Å²) in [5.74, 6) is 4.39. The van der Waals surface area contributed by atoms with Crippen molar-refractivity contribution in [3.05, 3.63) is 236 Å². The molecule has 6 heteroatoms. The van der Waals surface area contributed by atoms with E-state index in [0.717, 1.165) is 78.6 Å². The lowest BCUT2D eigenvalue weighted by Crippen LogP contribution is -2.17. The largest absolute Gasteiger partial charge is 0.488 e. The molecule has 2 heterocycles. The molecule has 0 spiro atoms. The van der Waals surface area contributed by atoms with E-state index in [1.807, 2.05) is 36.4 Å². The smallest absolute Gasteiger partial charge is 0.219 e. The standard InChI is InChI=1S/C68H74N2O4/c1-65(2,3)55-35-47-31-51-39-57(67(7,8)9)41-53(63(51)73-59-27-19-21-29-69-59)33-49-37-56(66(4,5)6)38-50(62(49)72-44-46-25-17-14-18-26-46)34-54-42-58(68(10,11)12)40-52(64(54)74-60-28-20-22-30-70-60)32-48(36-55)61(47)71-43-45-23-15-13-16-24-45/h13-30,35-42H,31-34,43-44H2,1-12H3. The predicted molar refractivity (Wildman–Crippen MR) is 302 cm³/mol. The van der Waals surface area contributed by atoms with E-state index < -0.39 is 0 Å². The van der Waals surface area contributed by atoms with Crippen LogP contribution >= 0.6 is 0 Å². The Morgan fingerprint density at radius 3 is 0.824 bits per heavy atom. The molecule has 6 aromatic carbocycles. The number of nitrogens with zero attached hydrogens (tertiary/aromatic N) is 2. The third-order valence-corrected chi connectivity index (χ3v) is 14.1. The van der Waals surface area contributed by atoms with Gasteiger partial charge in [0.25, 0.3) is 0 Å². The van der Waals surface area contributed by atoms with Crippen molar-refractivity contribution in [2.75, 3.05) is 0 Å². The fourth-order valence-electron chi connectivity index (χ4n) is 9.74. The van der Waals surface area contributed by atoms with Gasteiger partial charge >= 0.3 is 0 Å². The van der Waals surface area contributed by atoms with Crippen LogP contribution in [-0.2, 0) is 60.6 Å². The van der Waals surface area contributed by atoms with Crippen molar-refractivity contribution in [3.63, 3.8) is 0 Å². The zero-order valence-corrected chi connectivity index (χ0v) is 45.8. The van der Waals surface area contributed by atoms with Gasteiger partial charge in [-0.25, -0.2) is 9.97 Å². The maximum atomic E-state index is 7.26. The average molecular weight is 983 g/mol. The second kappa shape index (κ2) is 21.0. The zero-order chi connectivity index (χ0) is 52.4. The molecule has 1 aliphatic carbocycles. The molecule has 0 aliphatic heterocycles. The van der Waals surface area contributed by atoms with Gasteiger partial charge in [-0.15, -0.1) is 0 Å². The van der Waals surface area contributed by atoms with Gasteiger partial charge in [-0.05, 0) is 112 Å². The molecule has 6 nitrogen and oxygen atoms in total. The van der Waals surface area contributed by atoms with Crippen LogP contribution in [0, 0.1) is 0 Å². The molecular formula is C68H74N2O4. The third-order valence-electron chi connectivity index (χ3n) is 14.1. The summed E-state index contributed by atoms with van der Waals surface area (Å²) in [6, 6.07) is 51.6. The van der Waals surface area contributed by atoms with Gasteiger partial charge in [0.15, 0.2) is 0 Å². The number of benzene rings is 6. The van der Waals surface area contributed by atoms with Crippen molar-refractivity contribution in [1.82, 2.24) is 9.97 Å². The van der Waals surface area contributed by atoms with Gasteiger partial charge in [0.05, 0.1) is 0 Å². The van der Waals surface area contributed by atoms with E-state index in [9.17, 15) is 0 Å². The topological polar surface area (TPSA) is 62.7 Å². The van der Waals surface area contributed by atoms with Crippen molar-refractivity contribution >= 4 is 0 Å². The summed E-state index contributed by atoms with van der Waals surface area (Å²) in [6.07, 6.45) is 5.74. The lowest BCUT2D eigenvalue weighted by Gasteiger charge is -2.29. The van der Waals surface area contributed by atoms with Crippen LogP contribution in [0.5, 0.6) is 34.8 Å². The molecule has 2 aromatic heterocycles. The number of aromatic nitrogens is 2. The first-order valence-electron chi connectivity index (χ1n) is 26.3. The first-order valence-corrected chi connectivity index (χ1v) is 26.3. The number of hydrogen-bond donors (Lipinski definition) is 0. The molecule has 9 rings (SSSR count). The SMILES string of the molecule is CC(C)(C)c1cc2c(OCc3ccccc3)c(c1)Cc1cc(C(C)(C)C)cc(c1Oc1ccccn1)Cc1cc(C(C)(C)C)cc(c1OCc1ccccc1)Cc1cc(C(C)(C)C)cc(c1Oc1ccccn1)C2. The summed E-state index contributed by atoms with van der Waals surface area (Å²) in [5, 5.41) is 0. The Morgan fingerprint density at radius 1 is 0.324 bits per heavy atom. The second-order valence-corrected chi connectivity index (χ2v) is 24.3. The molecule has 8 aromatic rings. The molecule has 0 saturated carbocycles. The highest BCUT2D eigenvalue weighted by molar-refractivity contribution is 5.61. The fraction of sp³-hybridized carbons (Fsp3) is 0.324. The highest BCUT2D eigenvalue weighted by atomic mass is 16.5. The van der Waals surface area contributed by atoms with E-state index >= 15 is 0 Å². The molecule has 0 N–H and O–H groups in total. The normalized spacial score (nSPS) is 13.0. The van der Waals surface area contributed by atoms with Crippen LogP contribution in [0.25, 0.3) is 0 Å². The molecule has 8 bridgehead atoms. The van der Waals surface area contributed by atoms with E-state index in [-0.39, 0.29) is 21.7 Å². The second-order valence-electron chi connectivity index (χ2n) is 24.3. The van der Waals surface area contributed by atoms with Gasteiger partial charge in [0, 0.05) is 50.2 Å². The van der Waals surface area contributed by atoms with Gasteiger partial charge in [-0.3, -0.25) is 0 Å². The van der Waals surface area contributed by atoms with Crippen molar-refractivity contribution in [1.29, 1.82) is 0 Å². The highest BCUT2D eigenvalue weighted by Gasteiger charge is 2.30. The van der Waals surface area contributed by atoms with Crippen molar-refractivity contribution in [3.8, 4) is 34.8 Å². The average Bonchev–Trinajstić information content (AvgIpc) is 3.35. The van der Waals surface area contributed by atoms with Crippen LogP contribution in [0.1, 0.15) is 161 Å². The third kappa shape index (κ3) is 12.2.